The number of nitrogens with one attached hydrogen (secondary N) is 1. The van der Waals surface area contributed by atoms with Crippen LogP contribution in [0.2, 0.25) is 0 Å². The van der Waals surface area contributed by atoms with E-state index in [9.17, 15) is 9.18 Å². The predicted octanol–water partition coefficient (Wildman–Crippen LogP) is 4.41. The third-order valence-electron chi connectivity index (χ3n) is 3.85. The second-order valence-corrected chi connectivity index (χ2v) is 6.78. The lowest BCUT2D eigenvalue weighted by atomic mass is 10.1. The van der Waals surface area contributed by atoms with E-state index in [4.69, 9.17) is 4.74 Å². The van der Waals surface area contributed by atoms with Gasteiger partial charge in [0.15, 0.2) is 0 Å². The third kappa shape index (κ3) is 5.23. The van der Waals surface area contributed by atoms with Crippen molar-refractivity contribution in [2.24, 2.45) is 0 Å². The van der Waals surface area contributed by atoms with E-state index in [1.165, 1.54) is 23.9 Å². The molecule has 0 radical (unpaired) electrons. The van der Waals surface area contributed by atoms with Gasteiger partial charge in [-0.1, -0.05) is 48.5 Å². The van der Waals surface area contributed by atoms with Crippen molar-refractivity contribution in [3.8, 4) is 5.75 Å². The summed E-state index contributed by atoms with van der Waals surface area (Å²) >= 11 is 1.50. The van der Waals surface area contributed by atoms with E-state index in [-0.39, 0.29) is 11.7 Å². The van der Waals surface area contributed by atoms with Crippen LogP contribution in [-0.2, 0) is 10.5 Å². The van der Waals surface area contributed by atoms with Crippen LogP contribution in [0.25, 0.3) is 10.8 Å². The van der Waals surface area contributed by atoms with Crippen molar-refractivity contribution < 1.29 is 13.9 Å². The molecule has 1 N–H and O–H groups in total. The van der Waals surface area contributed by atoms with E-state index < -0.39 is 0 Å². The normalized spacial score (nSPS) is 10.7. The summed E-state index contributed by atoms with van der Waals surface area (Å²) in [6, 6.07) is 20.3. The molecule has 3 rings (SSSR count). The molecular formula is C21H20FNO2S. The van der Waals surface area contributed by atoms with Gasteiger partial charge in [-0.25, -0.2) is 4.39 Å². The predicted molar refractivity (Wildman–Crippen MR) is 105 cm³/mol. The molecule has 1 amide bonds. The van der Waals surface area contributed by atoms with Crippen molar-refractivity contribution in [1.29, 1.82) is 0 Å². The molecular weight excluding hydrogens is 349 g/mol. The van der Waals surface area contributed by atoms with Gasteiger partial charge in [0, 0.05) is 11.1 Å². The van der Waals surface area contributed by atoms with Gasteiger partial charge in [-0.3, -0.25) is 4.79 Å². The first-order valence-corrected chi connectivity index (χ1v) is 9.57. The Hall–Kier alpha value is -2.53. The number of carbonyl (C=O) groups excluding carboxylic acids is 1. The van der Waals surface area contributed by atoms with E-state index in [0.717, 1.165) is 22.1 Å². The summed E-state index contributed by atoms with van der Waals surface area (Å²) in [5, 5.41) is 5.05. The second kappa shape index (κ2) is 9.25. The van der Waals surface area contributed by atoms with Crippen LogP contribution in [0, 0.1) is 5.82 Å². The highest BCUT2D eigenvalue weighted by Gasteiger charge is 2.04. The van der Waals surface area contributed by atoms with Gasteiger partial charge in [0.1, 0.15) is 18.2 Å². The van der Waals surface area contributed by atoms with Gasteiger partial charge in [0.2, 0.25) is 5.91 Å². The van der Waals surface area contributed by atoms with E-state index in [1.807, 2.05) is 42.5 Å². The number of rotatable bonds is 8. The lowest BCUT2D eigenvalue weighted by molar-refractivity contribution is -0.118. The zero-order valence-electron chi connectivity index (χ0n) is 14.3. The molecule has 26 heavy (non-hydrogen) atoms. The van der Waals surface area contributed by atoms with Crippen LogP contribution in [0.5, 0.6) is 5.75 Å². The lowest BCUT2D eigenvalue weighted by Crippen LogP contribution is -2.29. The van der Waals surface area contributed by atoms with Gasteiger partial charge in [-0.05, 0) is 29.1 Å². The van der Waals surface area contributed by atoms with Crippen LogP contribution in [0.3, 0.4) is 0 Å². The maximum atomic E-state index is 12.8. The van der Waals surface area contributed by atoms with E-state index in [2.05, 4.69) is 5.32 Å². The number of ether oxygens (including phenoxy) is 1. The maximum Gasteiger partial charge on any atom is 0.230 e. The quantitative estimate of drug-likeness (QED) is 0.598. The Balaban J connectivity index is 1.36. The molecule has 0 aromatic heterocycles. The fourth-order valence-electron chi connectivity index (χ4n) is 2.57. The van der Waals surface area contributed by atoms with Crippen molar-refractivity contribution in [1.82, 2.24) is 5.32 Å². The number of halogens is 1. The molecule has 0 bridgehead atoms. The highest BCUT2D eigenvalue weighted by molar-refractivity contribution is 7.99. The minimum absolute atomic E-state index is 0.0290. The average molecular weight is 369 g/mol. The Kier molecular flexibility index (Phi) is 6.50. The summed E-state index contributed by atoms with van der Waals surface area (Å²) in [6.07, 6.45) is 0. The van der Waals surface area contributed by atoms with Crippen molar-refractivity contribution in [3.05, 3.63) is 78.1 Å². The molecule has 0 heterocycles. The number of hydrogen-bond donors (Lipinski definition) is 1. The molecule has 0 saturated carbocycles. The standard InChI is InChI=1S/C21H20FNO2S/c22-18-10-8-16(9-11-18)14-26-15-21(24)23-12-13-25-20-7-3-5-17-4-1-2-6-19(17)20/h1-11H,12-15H2,(H,23,24). The van der Waals surface area contributed by atoms with Gasteiger partial charge in [0.05, 0.1) is 12.3 Å². The number of amides is 1. The summed E-state index contributed by atoms with van der Waals surface area (Å²) in [7, 11) is 0. The molecule has 0 aliphatic heterocycles. The first kappa shape index (κ1) is 18.3. The minimum Gasteiger partial charge on any atom is -0.491 e. The molecule has 3 nitrogen and oxygen atoms in total. The maximum absolute atomic E-state index is 12.8. The molecule has 0 atom stereocenters. The Morgan fingerprint density at radius 1 is 1.00 bits per heavy atom. The van der Waals surface area contributed by atoms with Crippen LogP contribution >= 0.6 is 11.8 Å². The number of hydrogen-bond acceptors (Lipinski definition) is 3. The molecule has 0 saturated heterocycles. The number of thioether (sulfide) groups is 1. The van der Waals surface area contributed by atoms with Crippen LogP contribution < -0.4 is 10.1 Å². The lowest BCUT2D eigenvalue weighted by Gasteiger charge is -2.10. The second-order valence-electron chi connectivity index (χ2n) is 5.79. The molecule has 5 heteroatoms. The summed E-state index contributed by atoms with van der Waals surface area (Å²) in [5.74, 6) is 1.59. The average Bonchev–Trinajstić information content (AvgIpc) is 2.67. The number of benzene rings is 3. The van der Waals surface area contributed by atoms with Crippen LogP contribution in [0.1, 0.15) is 5.56 Å². The van der Waals surface area contributed by atoms with Gasteiger partial charge >= 0.3 is 0 Å². The smallest absolute Gasteiger partial charge is 0.230 e. The summed E-state index contributed by atoms with van der Waals surface area (Å²) in [4.78, 5) is 11.9. The summed E-state index contributed by atoms with van der Waals surface area (Å²) < 4.78 is 18.6. The van der Waals surface area contributed by atoms with Crippen molar-refractivity contribution in [3.63, 3.8) is 0 Å². The fraction of sp³-hybridized carbons (Fsp3) is 0.190. The third-order valence-corrected chi connectivity index (χ3v) is 4.85. The Labute approximate surface area is 156 Å². The molecule has 3 aromatic rings. The summed E-state index contributed by atoms with van der Waals surface area (Å²) in [5.41, 5.74) is 1.00. The van der Waals surface area contributed by atoms with E-state index >= 15 is 0 Å². The molecule has 0 unspecified atom stereocenters. The topological polar surface area (TPSA) is 38.3 Å². The molecule has 134 valence electrons. The molecule has 0 fully saturated rings. The zero-order chi connectivity index (χ0) is 18.2. The van der Waals surface area contributed by atoms with Gasteiger partial charge in [-0.2, -0.15) is 0 Å². The van der Waals surface area contributed by atoms with Crippen LogP contribution in [0.4, 0.5) is 4.39 Å². The first-order valence-electron chi connectivity index (χ1n) is 8.42. The van der Waals surface area contributed by atoms with Crippen LogP contribution in [0.15, 0.2) is 66.7 Å². The first-order chi connectivity index (χ1) is 12.7. The molecule has 0 aliphatic rings. The Morgan fingerprint density at radius 3 is 2.62 bits per heavy atom. The van der Waals surface area contributed by atoms with E-state index in [0.29, 0.717) is 24.7 Å². The minimum atomic E-state index is -0.248. The zero-order valence-corrected chi connectivity index (χ0v) is 15.1. The van der Waals surface area contributed by atoms with Crippen molar-refractivity contribution in [2.75, 3.05) is 18.9 Å². The van der Waals surface area contributed by atoms with Crippen LogP contribution in [-0.4, -0.2) is 24.8 Å². The van der Waals surface area contributed by atoms with Crippen molar-refractivity contribution in [2.45, 2.75) is 5.75 Å². The van der Waals surface area contributed by atoms with E-state index in [1.54, 1.807) is 12.1 Å². The SMILES string of the molecule is O=C(CSCc1ccc(F)cc1)NCCOc1cccc2ccccc12. The fourth-order valence-corrected chi connectivity index (χ4v) is 3.38. The molecule has 3 aromatic carbocycles. The van der Waals surface area contributed by atoms with Crippen molar-refractivity contribution >= 4 is 28.4 Å². The summed E-state index contributed by atoms with van der Waals surface area (Å²) in [6.45, 7) is 0.877. The monoisotopic (exact) mass is 369 g/mol. The Morgan fingerprint density at radius 2 is 1.77 bits per heavy atom. The molecule has 0 spiro atoms. The Bertz CT molecular complexity index is 862. The number of carbonyl (C=O) groups is 1. The largest absolute Gasteiger partial charge is 0.491 e. The molecule has 0 aliphatic carbocycles. The van der Waals surface area contributed by atoms with Gasteiger partial charge < -0.3 is 10.1 Å². The highest BCUT2D eigenvalue weighted by Crippen LogP contribution is 2.24. The van der Waals surface area contributed by atoms with Gasteiger partial charge in [0.25, 0.3) is 0 Å². The van der Waals surface area contributed by atoms with Gasteiger partial charge in [-0.15, -0.1) is 11.8 Å². The highest BCUT2D eigenvalue weighted by atomic mass is 32.2. The number of fused-ring (bicyclic) bond motifs is 1.